The summed E-state index contributed by atoms with van der Waals surface area (Å²) in [5.74, 6) is -1.32. The van der Waals surface area contributed by atoms with Crippen LogP contribution in [0.15, 0.2) is 58.3 Å². The topological polar surface area (TPSA) is 106 Å². The summed E-state index contributed by atoms with van der Waals surface area (Å²) >= 11 is 0. The second-order valence-electron chi connectivity index (χ2n) is 7.61. The molecule has 0 atom stereocenters. The van der Waals surface area contributed by atoms with E-state index in [4.69, 9.17) is 4.42 Å². The van der Waals surface area contributed by atoms with E-state index in [9.17, 15) is 26.4 Å². The fourth-order valence-corrected chi connectivity index (χ4v) is 4.00. The summed E-state index contributed by atoms with van der Waals surface area (Å²) in [5.41, 5.74) is -1.77. The minimum atomic E-state index is -4.63. The van der Waals surface area contributed by atoms with Crippen LogP contribution in [0.1, 0.15) is 36.9 Å². The van der Waals surface area contributed by atoms with Gasteiger partial charge in [-0.2, -0.15) is 18.3 Å². The fraction of sp³-hybridized carbons (Fsp3) is 0.263. The fourth-order valence-electron chi connectivity index (χ4n) is 2.65. The quantitative estimate of drug-likeness (QED) is 0.607. The molecule has 8 nitrogen and oxygen atoms in total. The maximum Gasteiger partial charge on any atom is 0.416 e. The van der Waals surface area contributed by atoms with Gasteiger partial charge in [-0.05, 0) is 57.2 Å². The van der Waals surface area contributed by atoms with E-state index in [0.717, 1.165) is 30.3 Å². The lowest BCUT2D eigenvalue weighted by molar-refractivity contribution is -0.137. The number of halogens is 3. The third kappa shape index (κ3) is 5.33. The van der Waals surface area contributed by atoms with Crippen LogP contribution in [0.5, 0.6) is 0 Å². The highest BCUT2D eigenvalue weighted by Gasteiger charge is 2.32. The lowest BCUT2D eigenvalue weighted by Gasteiger charge is -2.19. The van der Waals surface area contributed by atoms with E-state index in [1.807, 2.05) is 0 Å². The number of carbonyl (C=O) groups excluding carboxylic acids is 1. The molecule has 166 valence electrons. The summed E-state index contributed by atoms with van der Waals surface area (Å²) in [6.07, 6.45) is -1.71. The number of furan rings is 1. The molecule has 2 N–H and O–H groups in total. The predicted octanol–water partition coefficient (Wildman–Crippen LogP) is 3.81. The van der Waals surface area contributed by atoms with Gasteiger partial charge >= 0.3 is 6.18 Å². The second kappa shape index (κ2) is 7.85. The van der Waals surface area contributed by atoms with E-state index in [1.165, 1.54) is 17.1 Å². The molecule has 0 aliphatic heterocycles. The van der Waals surface area contributed by atoms with Gasteiger partial charge in [-0.15, -0.1) is 0 Å². The van der Waals surface area contributed by atoms with E-state index >= 15 is 0 Å². The molecule has 3 aromatic rings. The first kappa shape index (κ1) is 22.6. The minimum absolute atomic E-state index is 0.181. The molecule has 31 heavy (non-hydrogen) atoms. The van der Waals surface area contributed by atoms with Crippen LogP contribution in [0.4, 0.5) is 18.9 Å². The van der Waals surface area contributed by atoms with E-state index < -0.39 is 44.1 Å². The van der Waals surface area contributed by atoms with Crippen molar-refractivity contribution < 1.29 is 30.8 Å². The molecule has 2 aromatic heterocycles. The molecule has 0 radical (unpaired) electrons. The molecule has 0 spiro atoms. The van der Waals surface area contributed by atoms with E-state index in [-0.39, 0.29) is 11.4 Å². The number of hydrogen-bond acceptors (Lipinski definition) is 5. The van der Waals surface area contributed by atoms with Crippen LogP contribution < -0.4 is 10.0 Å². The van der Waals surface area contributed by atoms with Crippen molar-refractivity contribution in [3.63, 3.8) is 0 Å². The third-order valence-corrected chi connectivity index (χ3v) is 5.46. The monoisotopic (exact) mass is 456 g/mol. The number of alkyl halides is 3. The number of nitrogens with one attached hydrogen (secondary N) is 2. The van der Waals surface area contributed by atoms with Crippen LogP contribution in [0.2, 0.25) is 0 Å². The van der Waals surface area contributed by atoms with Gasteiger partial charge in [0.15, 0.2) is 5.76 Å². The number of benzene rings is 1. The smallest absolute Gasteiger partial charge is 0.416 e. The number of rotatable bonds is 5. The highest BCUT2D eigenvalue weighted by atomic mass is 32.2. The number of nitrogens with zero attached hydrogens (tertiary/aromatic N) is 2. The molecule has 3 rings (SSSR count). The highest BCUT2D eigenvalue weighted by Crippen LogP contribution is 2.33. The van der Waals surface area contributed by atoms with Gasteiger partial charge in [0, 0.05) is 17.9 Å². The van der Waals surface area contributed by atoms with Crippen molar-refractivity contribution in [2.24, 2.45) is 0 Å². The van der Waals surface area contributed by atoms with Crippen LogP contribution in [0, 0.1) is 0 Å². The third-order valence-electron chi connectivity index (χ3n) is 3.83. The standard InChI is InChI=1S/C19H19F3N4O4S/c1-18(2,3)25-31(28,29)16-8-7-15(30-16)17(27)24-13-11-12(19(20,21)22)5-6-14(13)26-10-4-9-23-26/h4-11,25H,1-3H3,(H,24,27). The van der Waals surface area contributed by atoms with E-state index in [2.05, 4.69) is 15.1 Å². The van der Waals surface area contributed by atoms with Crippen molar-refractivity contribution in [2.75, 3.05) is 5.32 Å². The molecule has 0 unspecified atom stereocenters. The Bertz CT molecular complexity index is 1190. The molecule has 0 aliphatic carbocycles. The molecule has 0 bridgehead atoms. The van der Waals surface area contributed by atoms with Crippen LogP contribution in [-0.2, 0) is 16.2 Å². The zero-order chi connectivity index (χ0) is 23.0. The van der Waals surface area contributed by atoms with Crippen molar-refractivity contribution >= 4 is 21.6 Å². The van der Waals surface area contributed by atoms with Crippen molar-refractivity contribution in [2.45, 2.75) is 37.6 Å². The van der Waals surface area contributed by atoms with Crippen molar-refractivity contribution in [1.82, 2.24) is 14.5 Å². The summed E-state index contributed by atoms with van der Waals surface area (Å²) in [4.78, 5) is 12.6. The number of carbonyl (C=O) groups is 1. The zero-order valence-electron chi connectivity index (χ0n) is 16.7. The highest BCUT2D eigenvalue weighted by molar-refractivity contribution is 7.89. The first-order valence-electron chi connectivity index (χ1n) is 8.93. The van der Waals surface area contributed by atoms with Crippen LogP contribution >= 0.6 is 0 Å². The van der Waals surface area contributed by atoms with Gasteiger partial charge in [-0.25, -0.2) is 17.8 Å². The van der Waals surface area contributed by atoms with Gasteiger partial charge in [-0.1, -0.05) is 0 Å². The molecular weight excluding hydrogens is 437 g/mol. The maximum atomic E-state index is 13.1. The Kier molecular flexibility index (Phi) is 5.72. The van der Waals surface area contributed by atoms with Crippen LogP contribution in [0.3, 0.4) is 0 Å². The van der Waals surface area contributed by atoms with Gasteiger partial charge in [0.2, 0.25) is 5.09 Å². The van der Waals surface area contributed by atoms with Crippen LogP contribution in [-0.4, -0.2) is 29.6 Å². The van der Waals surface area contributed by atoms with Gasteiger partial charge in [0.05, 0.1) is 16.9 Å². The summed E-state index contributed by atoms with van der Waals surface area (Å²) in [7, 11) is -4.03. The van der Waals surface area contributed by atoms with Gasteiger partial charge in [0.25, 0.3) is 15.9 Å². The Hall–Kier alpha value is -3.12. The molecule has 0 saturated carbocycles. The maximum absolute atomic E-state index is 13.1. The molecule has 12 heteroatoms. The molecule has 0 aliphatic rings. The zero-order valence-corrected chi connectivity index (χ0v) is 17.5. The predicted molar refractivity (Wildman–Crippen MR) is 105 cm³/mol. The Balaban J connectivity index is 1.92. The summed E-state index contributed by atoms with van der Waals surface area (Å²) < 4.78 is 72.9. The lowest BCUT2D eigenvalue weighted by Crippen LogP contribution is -2.40. The Labute approximate surface area is 176 Å². The van der Waals surface area contributed by atoms with E-state index in [0.29, 0.717) is 0 Å². The Morgan fingerprint density at radius 1 is 1.13 bits per heavy atom. The number of anilines is 1. The van der Waals surface area contributed by atoms with Crippen molar-refractivity contribution in [3.05, 3.63) is 60.1 Å². The van der Waals surface area contributed by atoms with Crippen molar-refractivity contribution in [1.29, 1.82) is 0 Å². The van der Waals surface area contributed by atoms with Crippen molar-refractivity contribution in [3.8, 4) is 5.69 Å². The molecular formula is C19H19F3N4O4S. The summed E-state index contributed by atoms with van der Waals surface area (Å²) in [6.45, 7) is 4.89. The Morgan fingerprint density at radius 2 is 1.84 bits per heavy atom. The first-order chi connectivity index (χ1) is 14.3. The SMILES string of the molecule is CC(C)(C)NS(=O)(=O)c1ccc(C(=O)Nc2cc(C(F)(F)F)ccc2-n2cccn2)o1. The normalized spacial score (nSPS) is 12.7. The summed E-state index contributed by atoms with van der Waals surface area (Å²) in [6, 6.07) is 6.56. The first-order valence-corrected chi connectivity index (χ1v) is 10.4. The molecule has 0 fully saturated rings. The average Bonchev–Trinajstić information content (AvgIpc) is 3.31. The Morgan fingerprint density at radius 3 is 2.42 bits per heavy atom. The number of hydrogen-bond donors (Lipinski definition) is 2. The second-order valence-corrected chi connectivity index (χ2v) is 9.22. The van der Waals surface area contributed by atoms with Gasteiger partial charge in [0.1, 0.15) is 0 Å². The number of sulfonamides is 1. The molecule has 0 saturated heterocycles. The molecule has 1 aromatic carbocycles. The van der Waals surface area contributed by atoms with Crippen LogP contribution in [0.25, 0.3) is 5.69 Å². The number of aromatic nitrogens is 2. The average molecular weight is 456 g/mol. The van der Waals surface area contributed by atoms with Gasteiger partial charge < -0.3 is 9.73 Å². The molecule has 1 amide bonds. The number of amides is 1. The van der Waals surface area contributed by atoms with E-state index in [1.54, 1.807) is 26.8 Å². The summed E-state index contributed by atoms with van der Waals surface area (Å²) in [5, 5.41) is 5.80. The molecule has 2 heterocycles. The minimum Gasteiger partial charge on any atom is -0.438 e. The van der Waals surface area contributed by atoms with Gasteiger partial charge in [-0.3, -0.25) is 4.79 Å². The lowest BCUT2D eigenvalue weighted by atomic mass is 10.1. The largest absolute Gasteiger partial charge is 0.438 e.